The predicted octanol–water partition coefficient (Wildman–Crippen LogP) is 13.2. The maximum Gasteiger partial charge on any atom is 0.136 e. The minimum absolute atomic E-state index is 0.202. The van der Waals surface area contributed by atoms with Gasteiger partial charge in [-0.25, -0.2) is 0 Å². The lowest BCUT2D eigenvalue weighted by Crippen LogP contribution is -1.89. The Kier molecular flexibility index (Phi) is 4.66. The number of fused-ring (bicyclic) bond motifs is 3. The SMILES string of the molecule is [2H]c1c([2H])c([2H])c(-c2ccc3ccc4c(-c5cccc6oc7cc(-c8ccccc8-c8ccccc8)ccc7c56)ccc5ccc2c3c54)c([2H])c1[2H]. The van der Waals surface area contributed by atoms with Gasteiger partial charge in [-0.3, -0.25) is 0 Å². The predicted molar refractivity (Wildman–Crippen MR) is 199 cm³/mol. The Morgan fingerprint density at radius 1 is 0.362 bits per heavy atom. The maximum absolute atomic E-state index is 8.71. The lowest BCUT2D eigenvalue weighted by Gasteiger charge is -2.17. The summed E-state index contributed by atoms with van der Waals surface area (Å²) in [5, 5.41) is 8.19. The van der Waals surface area contributed by atoms with Crippen molar-refractivity contribution in [1.82, 2.24) is 0 Å². The molecule has 0 amide bonds. The van der Waals surface area contributed by atoms with E-state index in [-0.39, 0.29) is 29.7 Å². The van der Waals surface area contributed by atoms with Crippen molar-refractivity contribution in [1.29, 1.82) is 0 Å². The van der Waals surface area contributed by atoms with Crippen LogP contribution in [0.2, 0.25) is 0 Å². The van der Waals surface area contributed by atoms with Crippen molar-refractivity contribution in [2.75, 3.05) is 0 Å². The van der Waals surface area contributed by atoms with Crippen LogP contribution in [-0.4, -0.2) is 0 Å². The van der Waals surface area contributed by atoms with Gasteiger partial charge in [0.25, 0.3) is 0 Å². The molecule has 1 heterocycles. The fraction of sp³-hybridized carbons (Fsp3) is 0. The number of hydrogen-bond donors (Lipinski definition) is 0. The zero-order valence-corrected chi connectivity index (χ0v) is 25.2. The Morgan fingerprint density at radius 2 is 0.979 bits per heavy atom. The summed E-state index contributed by atoms with van der Waals surface area (Å²) < 4.78 is 48.8. The number of furan rings is 1. The van der Waals surface area contributed by atoms with E-state index in [4.69, 9.17) is 11.3 Å². The van der Waals surface area contributed by atoms with E-state index in [0.29, 0.717) is 5.56 Å². The first-order valence-electron chi connectivity index (χ1n) is 18.3. The standard InChI is InChI=1S/C46H28O/c1-3-10-29(11-4-1)34-14-7-8-15-35(34)33-22-27-41-43(28-33)47-42-17-9-16-38(46(41)42)37-24-19-32-20-25-39-36(30-12-5-2-6-13-30)23-18-31-21-26-40(37)45(32)44(31)39/h1-28H/i2D,5D,6D,12D,13D. The van der Waals surface area contributed by atoms with Crippen molar-refractivity contribution in [3.63, 3.8) is 0 Å². The van der Waals surface area contributed by atoms with Crippen LogP contribution in [0.25, 0.3) is 98.8 Å². The lowest BCUT2D eigenvalue weighted by molar-refractivity contribution is 0.669. The van der Waals surface area contributed by atoms with Gasteiger partial charge in [-0.2, -0.15) is 0 Å². The minimum Gasteiger partial charge on any atom is -0.456 e. The molecule has 0 unspecified atom stereocenters. The van der Waals surface area contributed by atoms with Gasteiger partial charge in [0.2, 0.25) is 0 Å². The molecule has 10 aromatic rings. The molecule has 0 aliphatic rings. The molecular weight excluding hydrogens is 569 g/mol. The molecule has 9 aromatic carbocycles. The second-order valence-corrected chi connectivity index (χ2v) is 12.1. The second-order valence-electron chi connectivity index (χ2n) is 12.1. The summed E-state index contributed by atoms with van der Waals surface area (Å²) in [6, 6.07) is 46.7. The van der Waals surface area contributed by atoms with E-state index in [1.54, 1.807) is 0 Å². The quantitative estimate of drug-likeness (QED) is 0.183. The summed E-state index contributed by atoms with van der Waals surface area (Å²) in [7, 11) is 0. The van der Waals surface area contributed by atoms with Gasteiger partial charge in [0, 0.05) is 10.8 Å². The molecule has 0 spiro atoms. The van der Waals surface area contributed by atoms with Gasteiger partial charge in [0.1, 0.15) is 11.2 Å². The third kappa shape index (κ3) is 3.97. The topological polar surface area (TPSA) is 13.1 Å². The maximum atomic E-state index is 8.71. The molecule has 218 valence electrons. The van der Waals surface area contributed by atoms with E-state index in [2.05, 4.69) is 103 Å². The van der Waals surface area contributed by atoms with Gasteiger partial charge in [-0.05, 0) is 95.0 Å². The molecule has 1 heteroatoms. The zero-order chi connectivity index (χ0) is 35.2. The molecule has 0 atom stereocenters. The van der Waals surface area contributed by atoms with Crippen LogP contribution in [0.15, 0.2) is 174 Å². The summed E-state index contributed by atoms with van der Waals surface area (Å²) in [5.41, 5.74) is 9.18. The Bertz CT molecular complexity index is 3040. The second kappa shape index (κ2) is 10.2. The van der Waals surface area contributed by atoms with E-state index < -0.39 is 6.04 Å². The summed E-state index contributed by atoms with van der Waals surface area (Å²) in [6.07, 6.45) is 0. The molecular formula is C46H28O. The van der Waals surface area contributed by atoms with Crippen LogP contribution in [0.4, 0.5) is 0 Å². The van der Waals surface area contributed by atoms with Crippen LogP contribution < -0.4 is 0 Å². The van der Waals surface area contributed by atoms with Crippen LogP contribution >= 0.6 is 0 Å². The molecule has 1 nitrogen and oxygen atoms in total. The first-order valence-corrected chi connectivity index (χ1v) is 15.8. The monoisotopic (exact) mass is 601 g/mol. The molecule has 0 saturated heterocycles. The van der Waals surface area contributed by atoms with Crippen molar-refractivity contribution in [2.24, 2.45) is 0 Å². The molecule has 0 fully saturated rings. The Hall–Kier alpha value is -6.18. The largest absolute Gasteiger partial charge is 0.456 e. The molecule has 0 radical (unpaired) electrons. The summed E-state index contributed by atoms with van der Waals surface area (Å²) >= 11 is 0. The lowest BCUT2D eigenvalue weighted by atomic mass is 9.86. The highest BCUT2D eigenvalue weighted by atomic mass is 16.3. The minimum atomic E-state index is -0.393. The van der Waals surface area contributed by atoms with Gasteiger partial charge in [0.15, 0.2) is 0 Å². The molecule has 10 rings (SSSR count). The highest BCUT2D eigenvalue weighted by molar-refractivity contribution is 6.28. The summed E-state index contributed by atoms with van der Waals surface area (Å²) in [5.74, 6) is 0. The van der Waals surface area contributed by atoms with Crippen LogP contribution in [0.3, 0.4) is 0 Å². The van der Waals surface area contributed by atoms with Crippen LogP contribution in [-0.2, 0) is 0 Å². The molecule has 0 aliphatic heterocycles. The highest BCUT2D eigenvalue weighted by Gasteiger charge is 2.19. The summed E-state index contributed by atoms with van der Waals surface area (Å²) in [4.78, 5) is 0. The van der Waals surface area contributed by atoms with Crippen molar-refractivity contribution >= 4 is 54.3 Å². The first-order chi connectivity index (χ1) is 25.4. The Balaban J connectivity index is 1.19. The van der Waals surface area contributed by atoms with E-state index in [1.165, 1.54) is 11.1 Å². The Morgan fingerprint density at radius 3 is 1.74 bits per heavy atom. The number of benzene rings is 9. The normalized spacial score (nSPS) is 13.3. The highest BCUT2D eigenvalue weighted by Crippen LogP contribution is 2.45. The number of rotatable bonds is 4. The first kappa shape index (κ1) is 21.5. The van der Waals surface area contributed by atoms with Crippen molar-refractivity contribution in [3.8, 4) is 44.5 Å². The van der Waals surface area contributed by atoms with Crippen LogP contribution in [0, 0.1) is 0 Å². The third-order valence-corrected chi connectivity index (χ3v) is 9.54. The summed E-state index contributed by atoms with van der Waals surface area (Å²) in [6.45, 7) is 0. The molecule has 0 bridgehead atoms. The smallest absolute Gasteiger partial charge is 0.136 e. The molecule has 47 heavy (non-hydrogen) atoms. The fourth-order valence-electron chi connectivity index (χ4n) is 7.46. The zero-order valence-electron chi connectivity index (χ0n) is 30.2. The van der Waals surface area contributed by atoms with Gasteiger partial charge >= 0.3 is 0 Å². The average molecular weight is 602 g/mol. The van der Waals surface area contributed by atoms with E-state index in [0.717, 1.165) is 76.5 Å². The van der Waals surface area contributed by atoms with Crippen LogP contribution in [0.5, 0.6) is 0 Å². The molecule has 0 saturated carbocycles. The van der Waals surface area contributed by atoms with E-state index >= 15 is 0 Å². The van der Waals surface area contributed by atoms with Crippen LogP contribution in [0.1, 0.15) is 6.85 Å². The Labute approximate surface area is 279 Å². The molecule has 1 aromatic heterocycles. The fourth-order valence-corrected chi connectivity index (χ4v) is 7.46. The van der Waals surface area contributed by atoms with Gasteiger partial charge < -0.3 is 4.42 Å². The van der Waals surface area contributed by atoms with E-state index in [1.807, 2.05) is 36.4 Å². The van der Waals surface area contributed by atoms with Gasteiger partial charge in [-0.1, -0.05) is 152 Å². The van der Waals surface area contributed by atoms with Gasteiger partial charge in [-0.15, -0.1) is 0 Å². The average Bonchev–Trinajstić information content (AvgIpc) is 3.57. The molecule has 0 N–H and O–H groups in total. The number of hydrogen-bond acceptors (Lipinski definition) is 1. The van der Waals surface area contributed by atoms with Crippen molar-refractivity contribution in [3.05, 3.63) is 170 Å². The van der Waals surface area contributed by atoms with Crippen molar-refractivity contribution in [2.45, 2.75) is 0 Å². The van der Waals surface area contributed by atoms with Crippen molar-refractivity contribution < 1.29 is 11.3 Å². The van der Waals surface area contributed by atoms with E-state index in [9.17, 15) is 0 Å². The molecule has 0 aliphatic carbocycles. The third-order valence-electron chi connectivity index (χ3n) is 9.54. The van der Waals surface area contributed by atoms with Gasteiger partial charge in [0.05, 0.1) is 6.85 Å².